The number of methoxy groups -OCH3 is 2. The fourth-order valence-corrected chi connectivity index (χ4v) is 4.50. The lowest BCUT2D eigenvalue weighted by atomic mass is 10.1. The number of hydrogen-bond donors (Lipinski definition) is 1. The molecule has 1 aliphatic rings. The third kappa shape index (κ3) is 4.45. The van der Waals surface area contributed by atoms with Gasteiger partial charge in [-0.2, -0.15) is 0 Å². The van der Waals surface area contributed by atoms with Gasteiger partial charge in [-0.25, -0.2) is 0 Å². The molecule has 2 N–H and O–H groups in total. The van der Waals surface area contributed by atoms with Gasteiger partial charge in [0.1, 0.15) is 11.5 Å². The Morgan fingerprint density at radius 1 is 1.29 bits per heavy atom. The summed E-state index contributed by atoms with van der Waals surface area (Å²) in [4.78, 5) is 0. The van der Waals surface area contributed by atoms with Crippen LogP contribution in [-0.2, 0) is 10.8 Å². The van der Waals surface area contributed by atoms with Crippen molar-refractivity contribution < 1.29 is 13.7 Å². The topological polar surface area (TPSA) is 61.5 Å². The molecule has 2 atom stereocenters. The van der Waals surface area contributed by atoms with Crippen LogP contribution in [0.25, 0.3) is 0 Å². The normalized spacial score (nSPS) is 18.4. The standard InChI is InChI=1S/C16H25NO3S/c1-19-13-7-8-14(16(9-13)20-2)15(17)11-21(18)10-12-5-3-4-6-12/h7-9,12,15H,3-6,10-11,17H2,1-2H3. The van der Waals surface area contributed by atoms with E-state index in [0.29, 0.717) is 17.4 Å². The highest BCUT2D eigenvalue weighted by Crippen LogP contribution is 2.30. The summed E-state index contributed by atoms with van der Waals surface area (Å²) >= 11 is 0. The van der Waals surface area contributed by atoms with Gasteiger partial charge in [-0.15, -0.1) is 0 Å². The zero-order valence-corrected chi connectivity index (χ0v) is 13.7. The summed E-state index contributed by atoms with van der Waals surface area (Å²) in [5.74, 6) is 3.32. The highest BCUT2D eigenvalue weighted by atomic mass is 32.2. The zero-order valence-electron chi connectivity index (χ0n) is 12.8. The maximum absolute atomic E-state index is 12.3. The van der Waals surface area contributed by atoms with E-state index in [9.17, 15) is 4.21 Å². The number of benzene rings is 1. The van der Waals surface area contributed by atoms with Crippen molar-refractivity contribution in [1.29, 1.82) is 0 Å². The smallest absolute Gasteiger partial charge is 0.127 e. The molecule has 1 aromatic rings. The lowest BCUT2D eigenvalue weighted by molar-refractivity contribution is 0.389. The van der Waals surface area contributed by atoms with Gasteiger partial charge in [-0.1, -0.05) is 18.9 Å². The fraction of sp³-hybridized carbons (Fsp3) is 0.625. The van der Waals surface area contributed by atoms with Crippen molar-refractivity contribution in [2.24, 2.45) is 11.7 Å². The Balaban J connectivity index is 1.98. The van der Waals surface area contributed by atoms with Crippen molar-refractivity contribution in [3.63, 3.8) is 0 Å². The predicted molar refractivity (Wildman–Crippen MR) is 86.3 cm³/mol. The van der Waals surface area contributed by atoms with Gasteiger partial charge < -0.3 is 15.2 Å². The first-order chi connectivity index (χ1) is 10.1. The van der Waals surface area contributed by atoms with Crippen LogP contribution >= 0.6 is 0 Å². The molecule has 0 amide bonds. The lowest BCUT2D eigenvalue weighted by Gasteiger charge is -2.17. The van der Waals surface area contributed by atoms with Gasteiger partial charge in [0.25, 0.3) is 0 Å². The molecule has 0 heterocycles. The first-order valence-corrected chi connectivity index (χ1v) is 8.95. The molecule has 0 saturated heterocycles. The molecule has 1 saturated carbocycles. The van der Waals surface area contributed by atoms with E-state index in [2.05, 4.69) is 0 Å². The van der Waals surface area contributed by atoms with Crippen LogP contribution in [0.5, 0.6) is 11.5 Å². The van der Waals surface area contributed by atoms with Crippen molar-refractivity contribution in [3.05, 3.63) is 23.8 Å². The summed E-state index contributed by atoms with van der Waals surface area (Å²) in [6.07, 6.45) is 4.99. The molecule has 0 radical (unpaired) electrons. The average molecular weight is 311 g/mol. The van der Waals surface area contributed by atoms with Crippen molar-refractivity contribution in [2.45, 2.75) is 31.7 Å². The number of ether oxygens (including phenoxy) is 2. The van der Waals surface area contributed by atoms with Crippen LogP contribution in [0.15, 0.2) is 18.2 Å². The Hall–Kier alpha value is -1.07. The Kier molecular flexibility index (Phi) is 6.06. The predicted octanol–water partition coefficient (Wildman–Crippen LogP) is 2.64. The van der Waals surface area contributed by atoms with Crippen LogP contribution in [0.3, 0.4) is 0 Å². The second-order valence-electron chi connectivity index (χ2n) is 5.64. The van der Waals surface area contributed by atoms with E-state index in [4.69, 9.17) is 15.2 Å². The monoisotopic (exact) mass is 311 g/mol. The van der Waals surface area contributed by atoms with Crippen LogP contribution in [0, 0.1) is 5.92 Å². The molecule has 1 aromatic carbocycles. The molecule has 2 unspecified atom stereocenters. The molecule has 2 rings (SSSR count). The Morgan fingerprint density at radius 2 is 2.00 bits per heavy atom. The number of hydrogen-bond acceptors (Lipinski definition) is 4. The summed E-state index contributed by atoms with van der Waals surface area (Å²) in [5.41, 5.74) is 7.11. The molecule has 0 aliphatic heterocycles. The van der Waals surface area contributed by atoms with Crippen LogP contribution < -0.4 is 15.2 Å². The molecule has 4 nitrogen and oxygen atoms in total. The summed E-state index contributed by atoms with van der Waals surface area (Å²) < 4.78 is 22.8. The van der Waals surface area contributed by atoms with E-state index < -0.39 is 10.8 Å². The van der Waals surface area contributed by atoms with Crippen LogP contribution in [-0.4, -0.2) is 29.9 Å². The summed E-state index contributed by atoms with van der Waals surface area (Å²) in [7, 11) is 2.36. The molecule has 1 fully saturated rings. The molecule has 21 heavy (non-hydrogen) atoms. The first-order valence-electron chi connectivity index (χ1n) is 7.46. The summed E-state index contributed by atoms with van der Waals surface area (Å²) in [5, 5.41) is 0. The largest absolute Gasteiger partial charge is 0.497 e. The van der Waals surface area contributed by atoms with Crippen molar-refractivity contribution in [1.82, 2.24) is 0 Å². The van der Waals surface area contributed by atoms with Crippen LogP contribution in [0.2, 0.25) is 0 Å². The molecule has 1 aliphatic carbocycles. The molecular formula is C16H25NO3S. The van der Waals surface area contributed by atoms with E-state index in [1.54, 1.807) is 14.2 Å². The van der Waals surface area contributed by atoms with Crippen molar-refractivity contribution >= 4 is 10.8 Å². The molecule has 0 spiro atoms. The van der Waals surface area contributed by atoms with Gasteiger partial charge in [0.05, 0.1) is 14.2 Å². The third-order valence-electron chi connectivity index (χ3n) is 4.10. The highest BCUT2D eigenvalue weighted by Gasteiger charge is 2.21. The Bertz CT molecular complexity index is 486. The van der Waals surface area contributed by atoms with Crippen LogP contribution in [0.1, 0.15) is 37.3 Å². The SMILES string of the molecule is COc1ccc(C(N)CS(=O)CC2CCCC2)c(OC)c1. The van der Waals surface area contributed by atoms with Gasteiger partial charge in [0.15, 0.2) is 0 Å². The summed E-state index contributed by atoms with van der Waals surface area (Å²) in [6.45, 7) is 0. The van der Waals surface area contributed by atoms with Gasteiger partial charge in [-0.3, -0.25) is 4.21 Å². The van der Waals surface area contributed by atoms with E-state index in [1.807, 2.05) is 18.2 Å². The second kappa shape index (κ2) is 7.80. The minimum Gasteiger partial charge on any atom is -0.497 e. The lowest BCUT2D eigenvalue weighted by Crippen LogP contribution is -2.22. The first kappa shape index (κ1) is 16.3. The van der Waals surface area contributed by atoms with Crippen LogP contribution in [0.4, 0.5) is 0 Å². The van der Waals surface area contributed by atoms with Gasteiger partial charge in [-0.05, 0) is 24.8 Å². The molecule has 118 valence electrons. The van der Waals surface area contributed by atoms with Crippen molar-refractivity contribution in [2.75, 3.05) is 25.7 Å². The van der Waals surface area contributed by atoms with E-state index >= 15 is 0 Å². The number of rotatable bonds is 7. The average Bonchev–Trinajstić information content (AvgIpc) is 2.99. The Labute approximate surface area is 129 Å². The second-order valence-corrected chi connectivity index (χ2v) is 7.18. The quantitative estimate of drug-likeness (QED) is 0.841. The third-order valence-corrected chi connectivity index (χ3v) is 5.68. The molecule has 0 bridgehead atoms. The maximum Gasteiger partial charge on any atom is 0.127 e. The maximum atomic E-state index is 12.3. The van der Waals surface area contributed by atoms with E-state index in [-0.39, 0.29) is 6.04 Å². The highest BCUT2D eigenvalue weighted by molar-refractivity contribution is 7.85. The minimum atomic E-state index is -0.870. The van der Waals surface area contributed by atoms with Crippen molar-refractivity contribution in [3.8, 4) is 11.5 Å². The molecular weight excluding hydrogens is 286 g/mol. The number of nitrogens with two attached hydrogens (primary N) is 1. The van der Waals surface area contributed by atoms with E-state index in [0.717, 1.165) is 17.1 Å². The van der Waals surface area contributed by atoms with Gasteiger partial charge in [0, 0.05) is 40.0 Å². The van der Waals surface area contributed by atoms with Gasteiger partial charge >= 0.3 is 0 Å². The van der Waals surface area contributed by atoms with E-state index in [1.165, 1.54) is 25.7 Å². The minimum absolute atomic E-state index is 0.270. The summed E-state index contributed by atoms with van der Waals surface area (Å²) in [6, 6.07) is 5.30. The Morgan fingerprint density at radius 3 is 2.62 bits per heavy atom. The molecule has 5 heteroatoms. The molecule has 0 aromatic heterocycles. The van der Waals surface area contributed by atoms with Gasteiger partial charge in [0.2, 0.25) is 0 Å². The zero-order chi connectivity index (χ0) is 15.2. The fourth-order valence-electron chi connectivity index (χ4n) is 2.92.